The van der Waals surface area contributed by atoms with Crippen molar-refractivity contribution in [3.63, 3.8) is 0 Å². The van der Waals surface area contributed by atoms with E-state index >= 15 is 0 Å². The van der Waals surface area contributed by atoms with Gasteiger partial charge < -0.3 is 19.1 Å². The maximum Gasteiger partial charge on any atom is 0.424 e. The summed E-state index contributed by atoms with van der Waals surface area (Å²) in [5.74, 6) is 0.819. The second-order valence-electron chi connectivity index (χ2n) is 6.61. The van der Waals surface area contributed by atoms with Crippen LogP contribution in [-0.4, -0.2) is 31.4 Å². The third-order valence-electron chi connectivity index (χ3n) is 4.43. The molecule has 9 nitrogen and oxygen atoms in total. The molecule has 170 valence electrons. The van der Waals surface area contributed by atoms with Gasteiger partial charge in [0.1, 0.15) is 11.6 Å². The third kappa shape index (κ3) is 5.91. The van der Waals surface area contributed by atoms with Gasteiger partial charge in [-0.1, -0.05) is 26.0 Å². The molecule has 2 aromatic rings. The number of anilines is 1. The van der Waals surface area contributed by atoms with Gasteiger partial charge in [0.05, 0.1) is 19.5 Å². The van der Waals surface area contributed by atoms with Crippen molar-refractivity contribution in [3.8, 4) is 23.0 Å². The monoisotopic (exact) mass is 451 g/mol. The Balaban J connectivity index is 2.38. The number of ether oxygens (including phenoxy) is 2. The number of benzene rings is 1. The largest absolute Gasteiger partial charge is 0.502 e. The van der Waals surface area contributed by atoms with Crippen molar-refractivity contribution in [1.82, 2.24) is 10.6 Å². The fourth-order valence-corrected chi connectivity index (χ4v) is 4.55. The van der Waals surface area contributed by atoms with Crippen molar-refractivity contribution in [2.24, 2.45) is 0 Å². The first-order chi connectivity index (χ1) is 14.8. The van der Waals surface area contributed by atoms with Crippen molar-refractivity contribution in [2.45, 2.75) is 33.6 Å². The van der Waals surface area contributed by atoms with Crippen molar-refractivity contribution in [2.75, 3.05) is 26.3 Å². The Kier molecular flexibility index (Phi) is 8.74. The zero-order valence-corrected chi connectivity index (χ0v) is 19.6. The lowest BCUT2D eigenvalue weighted by Crippen LogP contribution is -2.35. The number of aryl methyl sites for hydroxylation is 1. The number of hydrogen-bond donors (Lipinski definition) is 2. The van der Waals surface area contributed by atoms with E-state index in [1.807, 2.05) is 39.0 Å². The van der Waals surface area contributed by atoms with Gasteiger partial charge in [-0.05, 0) is 31.4 Å². The number of nitrogens with zero attached hydrogens (tertiary/aromatic N) is 2. The molecule has 0 fully saturated rings. The molecule has 10 heteroatoms. The second-order valence-corrected chi connectivity index (χ2v) is 8.54. The number of nitrogens with one attached hydrogen (secondary N) is 1. The van der Waals surface area contributed by atoms with E-state index in [0.29, 0.717) is 24.0 Å². The Morgan fingerprint density at radius 3 is 2.42 bits per heavy atom. The van der Waals surface area contributed by atoms with Gasteiger partial charge in [0.15, 0.2) is 11.5 Å². The molecule has 2 N–H and O–H groups in total. The van der Waals surface area contributed by atoms with Crippen LogP contribution in [-0.2, 0) is 9.19 Å². The highest BCUT2D eigenvalue weighted by Gasteiger charge is 2.33. The molecule has 1 atom stereocenters. The van der Waals surface area contributed by atoms with E-state index in [-0.39, 0.29) is 23.0 Å². The lowest BCUT2D eigenvalue weighted by Gasteiger charge is -2.26. The van der Waals surface area contributed by atoms with Crippen LogP contribution in [0.25, 0.3) is 0 Å². The highest BCUT2D eigenvalue weighted by Crippen LogP contribution is 2.57. The van der Waals surface area contributed by atoms with Crippen LogP contribution >= 0.6 is 7.60 Å². The van der Waals surface area contributed by atoms with E-state index < -0.39 is 7.60 Å². The van der Waals surface area contributed by atoms with E-state index in [0.717, 1.165) is 5.56 Å². The smallest absolute Gasteiger partial charge is 0.424 e. The summed E-state index contributed by atoms with van der Waals surface area (Å²) in [7, 11) is 0.645. The fraction of sp³-hybridized carbons (Fsp3) is 0.381. The van der Waals surface area contributed by atoms with Gasteiger partial charge in [-0.25, -0.2) is 9.55 Å². The molecule has 31 heavy (non-hydrogen) atoms. The molecule has 1 unspecified atom stereocenters. The van der Waals surface area contributed by atoms with Crippen LogP contribution in [0.2, 0.25) is 0 Å². The number of hydrazine groups is 1. The number of phenols is 1. The van der Waals surface area contributed by atoms with E-state index in [1.165, 1.54) is 31.4 Å². The first-order valence-electron chi connectivity index (χ1n) is 9.83. The van der Waals surface area contributed by atoms with Crippen LogP contribution in [0.4, 0.5) is 5.82 Å². The summed E-state index contributed by atoms with van der Waals surface area (Å²) in [6.45, 7) is 5.70. The summed E-state index contributed by atoms with van der Waals surface area (Å²) < 4.78 is 35.7. The van der Waals surface area contributed by atoms with Crippen molar-refractivity contribution in [1.29, 1.82) is 0 Å². The minimum atomic E-state index is -3.85. The van der Waals surface area contributed by atoms with Crippen LogP contribution in [0.3, 0.4) is 0 Å². The van der Waals surface area contributed by atoms with E-state index in [9.17, 15) is 9.67 Å². The lowest BCUT2D eigenvalue weighted by molar-refractivity contribution is 0.167. The molecule has 0 aliphatic carbocycles. The lowest BCUT2D eigenvalue weighted by atomic mass is 10.3. The van der Waals surface area contributed by atoms with Crippen LogP contribution < -0.4 is 24.6 Å². The quantitative estimate of drug-likeness (QED) is 0.362. The summed E-state index contributed by atoms with van der Waals surface area (Å²) in [5, 5.41) is 12.2. The molecule has 0 saturated carbocycles. The molecule has 0 radical (unpaired) electrons. The maximum absolute atomic E-state index is 13.8. The summed E-state index contributed by atoms with van der Waals surface area (Å²) in [6.07, 6.45) is 4.56. The summed E-state index contributed by atoms with van der Waals surface area (Å²) in [6, 6.07) is 6.56. The van der Waals surface area contributed by atoms with Gasteiger partial charge in [-0.3, -0.25) is 5.01 Å². The number of allylic oxidation sites excluding steroid dienone is 2. The van der Waals surface area contributed by atoms with E-state index in [4.69, 9.17) is 18.6 Å². The summed E-state index contributed by atoms with van der Waals surface area (Å²) in [4.78, 5) is 4.30. The Morgan fingerprint density at radius 2 is 1.90 bits per heavy atom. The highest BCUT2D eigenvalue weighted by molar-refractivity contribution is 7.58. The molecule has 1 aromatic heterocycles. The Hall–Kier alpha value is -2.74. The molecule has 1 heterocycles. The summed E-state index contributed by atoms with van der Waals surface area (Å²) in [5.41, 5.74) is 3.58. The zero-order valence-electron chi connectivity index (χ0n) is 18.7. The predicted octanol–water partition coefficient (Wildman–Crippen LogP) is 4.96. The number of phenolic OH excluding ortho intramolecular Hbond substituents is 1. The van der Waals surface area contributed by atoms with Gasteiger partial charge in [0.2, 0.25) is 5.75 Å². The summed E-state index contributed by atoms with van der Waals surface area (Å²) >= 11 is 0. The SMILES string of the molecule is CC/C=C(/CC)P(=O)(ONN(C)c1ncccc1C)Oc1cc(OC)c(O)c(OC)c1. The third-order valence-corrected chi connectivity index (χ3v) is 6.41. The van der Waals surface area contributed by atoms with Crippen LogP contribution in [0.15, 0.2) is 41.9 Å². The maximum atomic E-state index is 13.8. The first-order valence-corrected chi connectivity index (χ1v) is 11.4. The van der Waals surface area contributed by atoms with E-state index in [1.54, 1.807) is 13.2 Å². The highest BCUT2D eigenvalue weighted by atomic mass is 31.2. The number of methoxy groups -OCH3 is 2. The molecule has 2 rings (SSSR count). The molecular weight excluding hydrogens is 421 g/mol. The van der Waals surface area contributed by atoms with Crippen LogP contribution in [0.5, 0.6) is 23.0 Å². The first kappa shape index (κ1) is 24.5. The number of pyridine rings is 1. The van der Waals surface area contributed by atoms with Crippen molar-refractivity contribution in [3.05, 3.63) is 47.4 Å². The number of aromatic nitrogens is 1. The van der Waals surface area contributed by atoms with Crippen LogP contribution in [0, 0.1) is 6.92 Å². The predicted molar refractivity (Wildman–Crippen MR) is 120 cm³/mol. The Morgan fingerprint density at radius 1 is 1.26 bits per heavy atom. The molecule has 0 aliphatic heterocycles. The van der Waals surface area contributed by atoms with Gasteiger partial charge in [-0.2, -0.15) is 4.62 Å². The Bertz CT molecular complexity index is 941. The molecule has 0 spiro atoms. The fourth-order valence-electron chi connectivity index (χ4n) is 2.87. The molecular formula is C21H30N3O6P. The van der Waals surface area contributed by atoms with Gasteiger partial charge in [0.25, 0.3) is 0 Å². The molecule has 0 aliphatic rings. The van der Waals surface area contributed by atoms with Gasteiger partial charge >= 0.3 is 7.60 Å². The average Bonchev–Trinajstić information content (AvgIpc) is 2.77. The van der Waals surface area contributed by atoms with Crippen molar-refractivity contribution < 1.29 is 28.3 Å². The molecule has 1 aromatic carbocycles. The topological polar surface area (TPSA) is 102 Å². The van der Waals surface area contributed by atoms with E-state index in [2.05, 4.69) is 10.6 Å². The molecule has 0 bridgehead atoms. The minimum Gasteiger partial charge on any atom is -0.502 e. The van der Waals surface area contributed by atoms with Crippen molar-refractivity contribution >= 4 is 13.4 Å². The second kappa shape index (κ2) is 11.0. The molecule has 0 saturated heterocycles. The number of hydrogen-bond acceptors (Lipinski definition) is 9. The Labute approximate surface area is 183 Å². The number of rotatable bonds is 11. The minimum absolute atomic E-state index is 0.118. The average molecular weight is 451 g/mol. The van der Waals surface area contributed by atoms with Gasteiger partial charge in [-0.15, -0.1) is 5.59 Å². The normalized spacial score (nSPS) is 13.4. The standard InChI is InChI=1S/C21H30N3O6P/c1-7-10-17(8-2)31(26,30-23-24(4)21-15(3)11-9-12-22-21)29-16-13-18(27-5)20(25)19(14-16)28-6/h9-14,23,25H,7-8H2,1-6H3/b17-10-. The van der Waals surface area contributed by atoms with Gasteiger partial charge in [0, 0.05) is 25.4 Å². The number of aromatic hydroxyl groups is 1. The zero-order chi connectivity index (χ0) is 23.0. The molecule has 0 amide bonds. The van der Waals surface area contributed by atoms with Crippen LogP contribution in [0.1, 0.15) is 32.3 Å².